The summed E-state index contributed by atoms with van der Waals surface area (Å²) in [5.74, 6) is 0.437. The molecule has 0 atom stereocenters. The van der Waals surface area contributed by atoms with E-state index in [-0.39, 0.29) is 5.91 Å². The van der Waals surface area contributed by atoms with Gasteiger partial charge in [-0.05, 0) is 48.8 Å². The molecule has 2 aromatic rings. The Morgan fingerprint density at radius 3 is 2.60 bits per heavy atom. The molecule has 0 saturated heterocycles. The van der Waals surface area contributed by atoms with Gasteiger partial charge in [-0.1, -0.05) is 49.2 Å². The second-order valence-corrected chi connectivity index (χ2v) is 6.62. The Morgan fingerprint density at radius 2 is 1.84 bits per heavy atom. The van der Waals surface area contributed by atoms with Crippen LogP contribution in [0.1, 0.15) is 41.6 Å². The molecule has 1 fully saturated rings. The molecular weight excluding hydrogens is 332 g/mol. The Bertz CT molecular complexity index is 727. The van der Waals surface area contributed by atoms with Crippen LogP contribution in [-0.4, -0.2) is 17.1 Å². The third-order valence-corrected chi connectivity index (χ3v) is 4.48. The maximum absolute atomic E-state index is 12.4. The van der Waals surface area contributed by atoms with Crippen molar-refractivity contribution in [3.63, 3.8) is 0 Å². The van der Waals surface area contributed by atoms with Gasteiger partial charge >= 0.3 is 0 Å². The molecule has 0 radical (unpaired) electrons. The van der Waals surface area contributed by atoms with Crippen LogP contribution in [-0.2, 0) is 6.61 Å². The summed E-state index contributed by atoms with van der Waals surface area (Å²) in [6.07, 6.45) is 4.65. The zero-order valence-electron chi connectivity index (χ0n) is 14.0. The number of benzene rings is 2. The Labute approximate surface area is 153 Å². The molecule has 1 amide bonds. The fraction of sp³-hybridized carbons (Fsp3) is 0.300. The SMILES string of the molecule is O=C(NC(=S)NC1CCCC1)c1cccc(OCc2ccccc2)c1. The number of rotatable bonds is 5. The van der Waals surface area contributed by atoms with Crippen LogP contribution >= 0.6 is 12.2 Å². The summed E-state index contributed by atoms with van der Waals surface area (Å²) >= 11 is 5.24. The maximum atomic E-state index is 12.4. The molecule has 1 saturated carbocycles. The number of carbonyl (C=O) groups is 1. The molecule has 1 aliphatic rings. The summed E-state index contributed by atoms with van der Waals surface area (Å²) < 4.78 is 5.77. The smallest absolute Gasteiger partial charge is 0.257 e. The Morgan fingerprint density at radius 1 is 1.08 bits per heavy atom. The third-order valence-electron chi connectivity index (χ3n) is 4.26. The fourth-order valence-corrected chi connectivity index (χ4v) is 3.19. The minimum Gasteiger partial charge on any atom is -0.489 e. The Balaban J connectivity index is 1.54. The summed E-state index contributed by atoms with van der Waals surface area (Å²) in [7, 11) is 0. The molecule has 2 aromatic carbocycles. The van der Waals surface area contributed by atoms with Gasteiger partial charge in [0.05, 0.1) is 0 Å². The molecule has 5 heteroatoms. The van der Waals surface area contributed by atoms with Crippen molar-refractivity contribution >= 4 is 23.2 Å². The maximum Gasteiger partial charge on any atom is 0.257 e. The van der Waals surface area contributed by atoms with Gasteiger partial charge in [0.1, 0.15) is 12.4 Å². The van der Waals surface area contributed by atoms with Crippen LogP contribution in [0.2, 0.25) is 0 Å². The Hall–Kier alpha value is -2.40. The summed E-state index contributed by atoms with van der Waals surface area (Å²) in [4.78, 5) is 12.4. The average Bonchev–Trinajstić information content (AvgIpc) is 3.14. The molecule has 25 heavy (non-hydrogen) atoms. The number of ether oxygens (including phenoxy) is 1. The van der Waals surface area contributed by atoms with E-state index in [2.05, 4.69) is 10.6 Å². The largest absolute Gasteiger partial charge is 0.489 e. The van der Waals surface area contributed by atoms with Crippen molar-refractivity contribution in [1.82, 2.24) is 10.6 Å². The van der Waals surface area contributed by atoms with E-state index in [4.69, 9.17) is 17.0 Å². The van der Waals surface area contributed by atoms with Gasteiger partial charge in [0.2, 0.25) is 0 Å². The van der Waals surface area contributed by atoms with Gasteiger partial charge in [-0.3, -0.25) is 10.1 Å². The summed E-state index contributed by atoms with van der Waals surface area (Å²) in [6.45, 7) is 0.466. The fourth-order valence-electron chi connectivity index (χ4n) is 2.93. The first-order valence-corrected chi connectivity index (χ1v) is 9.00. The van der Waals surface area contributed by atoms with E-state index in [1.807, 2.05) is 42.5 Å². The van der Waals surface area contributed by atoms with Crippen molar-refractivity contribution < 1.29 is 9.53 Å². The molecule has 3 rings (SSSR count). The predicted molar refractivity (Wildman–Crippen MR) is 103 cm³/mol. The minimum atomic E-state index is -0.222. The van der Waals surface area contributed by atoms with Crippen LogP contribution in [0.5, 0.6) is 5.75 Å². The van der Waals surface area contributed by atoms with E-state index >= 15 is 0 Å². The van der Waals surface area contributed by atoms with Crippen molar-refractivity contribution in [1.29, 1.82) is 0 Å². The van der Waals surface area contributed by atoms with E-state index in [0.29, 0.717) is 29.1 Å². The highest BCUT2D eigenvalue weighted by Crippen LogP contribution is 2.18. The van der Waals surface area contributed by atoms with Crippen molar-refractivity contribution in [3.8, 4) is 5.75 Å². The van der Waals surface area contributed by atoms with Crippen LogP contribution < -0.4 is 15.4 Å². The highest BCUT2D eigenvalue weighted by atomic mass is 32.1. The number of nitrogens with one attached hydrogen (secondary N) is 2. The topological polar surface area (TPSA) is 50.4 Å². The molecule has 0 bridgehead atoms. The number of amides is 1. The molecule has 0 aromatic heterocycles. The van der Waals surface area contributed by atoms with Gasteiger partial charge in [0.25, 0.3) is 5.91 Å². The van der Waals surface area contributed by atoms with Crippen LogP contribution in [0.15, 0.2) is 54.6 Å². The molecule has 0 unspecified atom stereocenters. The van der Waals surface area contributed by atoms with Crippen molar-refractivity contribution in [3.05, 3.63) is 65.7 Å². The second-order valence-electron chi connectivity index (χ2n) is 6.21. The van der Waals surface area contributed by atoms with Gasteiger partial charge in [0.15, 0.2) is 5.11 Å². The van der Waals surface area contributed by atoms with E-state index in [0.717, 1.165) is 18.4 Å². The Kier molecular flexibility index (Phi) is 6.01. The molecule has 0 aliphatic heterocycles. The normalized spacial score (nSPS) is 14.1. The summed E-state index contributed by atoms with van der Waals surface area (Å²) in [5, 5.41) is 6.35. The molecule has 4 nitrogen and oxygen atoms in total. The second kappa shape index (κ2) is 8.62. The van der Waals surface area contributed by atoms with Gasteiger partial charge in [-0.25, -0.2) is 0 Å². The highest BCUT2D eigenvalue weighted by molar-refractivity contribution is 7.80. The first-order chi connectivity index (χ1) is 12.2. The number of hydrogen-bond acceptors (Lipinski definition) is 3. The highest BCUT2D eigenvalue weighted by Gasteiger charge is 2.17. The van der Waals surface area contributed by atoms with Crippen LogP contribution in [0.4, 0.5) is 0 Å². The first-order valence-electron chi connectivity index (χ1n) is 8.59. The number of thiocarbonyl (C=S) groups is 1. The predicted octanol–water partition coefficient (Wildman–Crippen LogP) is 3.81. The van der Waals surface area contributed by atoms with Crippen molar-refractivity contribution in [2.45, 2.75) is 38.3 Å². The van der Waals surface area contributed by atoms with Gasteiger partial charge in [-0.15, -0.1) is 0 Å². The van der Waals surface area contributed by atoms with Gasteiger partial charge < -0.3 is 10.1 Å². The lowest BCUT2D eigenvalue weighted by Gasteiger charge is -2.15. The van der Waals surface area contributed by atoms with E-state index in [1.54, 1.807) is 12.1 Å². The quantitative estimate of drug-likeness (QED) is 0.802. The number of hydrogen-bond donors (Lipinski definition) is 2. The zero-order valence-corrected chi connectivity index (χ0v) is 14.9. The monoisotopic (exact) mass is 354 g/mol. The molecule has 2 N–H and O–H groups in total. The van der Waals surface area contributed by atoms with Gasteiger partial charge in [0, 0.05) is 11.6 Å². The molecule has 130 valence electrons. The summed E-state index contributed by atoms with van der Waals surface area (Å²) in [5.41, 5.74) is 1.61. The minimum absolute atomic E-state index is 0.222. The van der Waals surface area contributed by atoms with E-state index in [1.165, 1.54) is 12.8 Å². The van der Waals surface area contributed by atoms with Gasteiger partial charge in [-0.2, -0.15) is 0 Å². The third kappa shape index (κ3) is 5.29. The lowest BCUT2D eigenvalue weighted by Crippen LogP contribution is -2.43. The molecule has 0 heterocycles. The molecular formula is C20H22N2O2S. The molecule has 0 spiro atoms. The number of carbonyl (C=O) groups excluding carboxylic acids is 1. The van der Waals surface area contributed by atoms with Crippen LogP contribution in [0, 0.1) is 0 Å². The van der Waals surface area contributed by atoms with Crippen molar-refractivity contribution in [2.24, 2.45) is 0 Å². The summed E-state index contributed by atoms with van der Waals surface area (Å²) in [6, 6.07) is 17.4. The van der Waals surface area contributed by atoms with Crippen LogP contribution in [0.3, 0.4) is 0 Å². The zero-order chi connectivity index (χ0) is 17.5. The lowest BCUT2D eigenvalue weighted by atomic mass is 10.2. The van der Waals surface area contributed by atoms with Crippen LogP contribution in [0.25, 0.3) is 0 Å². The van der Waals surface area contributed by atoms with Crippen molar-refractivity contribution in [2.75, 3.05) is 0 Å². The lowest BCUT2D eigenvalue weighted by molar-refractivity contribution is 0.0976. The van der Waals surface area contributed by atoms with E-state index in [9.17, 15) is 4.79 Å². The first kappa shape index (κ1) is 17.4. The van der Waals surface area contributed by atoms with E-state index < -0.39 is 0 Å². The molecule has 1 aliphatic carbocycles. The average molecular weight is 354 g/mol. The standard InChI is InChI=1S/C20H22N2O2S/c23-19(22-20(25)21-17-10-4-5-11-17)16-9-6-12-18(13-16)24-14-15-7-2-1-3-8-15/h1-3,6-9,12-13,17H,4-5,10-11,14H2,(H2,21,22,23,25).